The van der Waals surface area contributed by atoms with Gasteiger partial charge in [-0.2, -0.15) is 0 Å². The molecule has 0 amide bonds. The number of rotatable bonds is 0. The summed E-state index contributed by atoms with van der Waals surface area (Å²) in [6, 6.07) is 0. The number of hydrogen-bond donors (Lipinski definition) is 0. The molecule has 1 rings (SSSR count). The van der Waals surface area contributed by atoms with Crippen molar-refractivity contribution in [1.29, 1.82) is 0 Å². The molecule has 0 radical (unpaired) electrons. The van der Waals surface area contributed by atoms with Crippen molar-refractivity contribution in [1.82, 2.24) is 0 Å². The summed E-state index contributed by atoms with van der Waals surface area (Å²) in [5.74, 6) is -0.234. The van der Waals surface area contributed by atoms with Crippen LogP contribution in [0.5, 0.6) is 0 Å². The Balaban J connectivity index is 2.82. The molecule has 0 fully saturated rings. The molecule has 0 saturated carbocycles. The maximum absolute atomic E-state index is 11.9. The van der Waals surface area contributed by atoms with Crippen molar-refractivity contribution in [3.05, 3.63) is 36.2 Å². The lowest BCUT2D eigenvalue weighted by Crippen LogP contribution is -1.67. The third kappa shape index (κ3) is 0.951. The van der Waals surface area contributed by atoms with Crippen molar-refractivity contribution in [2.75, 3.05) is 0 Å². The highest BCUT2D eigenvalue weighted by Gasteiger charge is 1.96. The maximum atomic E-state index is 11.9. The SMILES string of the molecule is FC1=CC=C[C+]=C1. The van der Waals surface area contributed by atoms with E-state index in [-0.39, 0.29) is 5.83 Å². The summed E-state index contributed by atoms with van der Waals surface area (Å²) in [6.07, 6.45) is 8.53. The average molecular weight is 95.1 g/mol. The van der Waals surface area contributed by atoms with E-state index in [1.54, 1.807) is 12.2 Å². The Labute approximate surface area is 41.7 Å². The standard InChI is InChI=1S/C6H4F/c7-6-4-2-1-3-5-6/h1-2,4-5H/q+1. The summed E-state index contributed by atoms with van der Waals surface area (Å²) < 4.78 is 11.9. The number of hydrogen-bond acceptors (Lipinski definition) is 0. The van der Waals surface area contributed by atoms with Gasteiger partial charge in [-0.25, -0.2) is 0 Å². The topological polar surface area (TPSA) is 0 Å². The molecule has 0 aromatic rings. The van der Waals surface area contributed by atoms with Crippen LogP contribution in [0, 0.1) is 6.08 Å². The molecule has 0 aromatic carbocycles. The zero-order valence-electron chi connectivity index (χ0n) is 3.69. The molecular weight excluding hydrogens is 91.1 g/mol. The quantitative estimate of drug-likeness (QED) is 0.402. The summed E-state index contributed by atoms with van der Waals surface area (Å²) in [4.78, 5) is 0. The first kappa shape index (κ1) is 4.23. The lowest BCUT2D eigenvalue weighted by atomic mass is 10.3. The smallest absolute Gasteiger partial charge is 0.126 e. The molecular formula is C6H4F+. The molecule has 7 heavy (non-hydrogen) atoms. The second kappa shape index (κ2) is 1.67. The van der Waals surface area contributed by atoms with Crippen molar-refractivity contribution in [2.45, 2.75) is 0 Å². The molecule has 0 saturated heterocycles. The second-order valence-corrected chi connectivity index (χ2v) is 1.22. The summed E-state index contributed by atoms with van der Waals surface area (Å²) in [5.41, 5.74) is 0. The summed E-state index contributed by atoms with van der Waals surface area (Å²) >= 11 is 0. The molecule has 1 heteroatoms. The highest BCUT2D eigenvalue weighted by Crippen LogP contribution is 2.01. The minimum absolute atomic E-state index is 0.234. The monoisotopic (exact) mass is 95.0 g/mol. The molecule has 34 valence electrons. The molecule has 0 aliphatic heterocycles. The Morgan fingerprint density at radius 3 is 2.71 bits per heavy atom. The molecule has 0 unspecified atom stereocenters. The largest absolute Gasteiger partial charge is 0.240 e. The van der Waals surface area contributed by atoms with Crippen LogP contribution in [0.1, 0.15) is 0 Å². The van der Waals surface area contributed by atoms with E-state index in [0.717, 1.165) is 0 Å². The van der Waals surface area contributed by atoms with E-state index in [2.05, 4.69) is 6.08 Å². The fourth-order valence-electron chi connectivity index (χ4n) is 0.371. The Bertz CT molecular complexity index is 140. The van der Waals surface area contributed by atoms with E-state index in [0.29, 0.717) is 0 Å². The van der Waals surface area contributed by atoms with Gasteiger partial charge in [0.2, 0.25) is 5.83 Å². The van der Waals surface area contributed by atoms with Crippen LogP contribution >= 0.6 is 0 Å². The Morgan fingerprint density at radius 1 is 1.57 bits per heavy atom. The number of halogens is 1. The van der Waals surface area contributed by atoms with Crippen molar-refractivity contribution in [3.63, 3.8) is 0 Å². The van der Waals surface area contributed by atoms with Crippen molar-refractivity contribution in [3.8, 4) is 0 Å². The fraction of sp³-hybridized carbons (Fsp3) is 0. The zero-order valence-corrected chi connectivity index (χ0v) is 3.69. The van der Waals surface area contributed by atoms with Crippen LogP contribution in [0.3, 0.4) is 0 Å². The Morgan fingerprint density at radius 2 is 2.43 bits per heavy atom. The molecule has 1 aliphatic carbocycles. The predicted octanol–water partition coefficient (Wildman–Crippen LogP) is 1.77. The minimum atomic E-state index is -0.234. The van der Waals surface area contributed by atoms with Gasteiger partial charge in [0.1, 0.15) is 12.2 Å². The summed E-state index contributed by atoms with van der Waals surface area (Å²) in [6.45, 7) is 0. The molecule has 1 aliphatic rings. The molecule has 0 aromatic heterocycles. The first-order valence-corrected chi connectivity index (χ1v) is 2.01. The molecule has 0 heterocycles. The van der Waals surface area contributed by atoms with Gasteiger partial charge in [-0.1, -0.05) is 0 Å². The lowest BCUT2D eigenvalue weighted by molar-refractivity contribution is 0.665. The van der Waals surface area contributed by atoms with Crippen LogP contribution in [0.2, 0.25) is 0 Å². The Hall–Kier alpha value is -0.940. The average Bonchev–Trinajstić information content (AvgIpc) is 1.69. The van der Waals surface area contributed by atoms with Gasteiger partial charge in [-0.05, 0) is 0 Å². The van der Waals surface area contributed by atoms with E-state index in [4.69, 9.17) is 0 Å². The van der Waals surface area contributed by atoms with Crippen LogP contribution in [-0.2, 0) is 0 Å². The van der Waals surface area contributed by atoms with Gasteiger partial charge in [-0.15, -0.1) is 4.39 Å². The number of allylic oxidation sites excluding steroid dienone is 6. The van der Waals surface area contributed by atoms with Gasteiger partial charge in [0.05, 0.1) is 12.2 Å². The molecule has 0 bridgehead atoms. The first-order chi connectivity index (χ1) is 3.39. The van der Waals surface area contributed by atoms with Gasteiger partial charge in [0.25, 0.3) is 0 Å². The highest BCUT2D eigenvalue weighted by atomic mass is 19.1. The molecule has 0 N–H and O–H groups in total. The predicted molar refractivity (Wildman–Crippen MR) is 26.1 cm³/mol. The molecule has 0 atom stereocenters. The summed E-state index contributed by atoms with van der Waals surface area (Å²) in [5, 5.41) is 0. The van der Waals surface area contributed by atoms with Crippen LogP contribution < -0.4 is 0 Å². The van der Waals surface area contributed by atoms with Gasteiger partial charge in [-0.3, -0.25) is 0 Å². The van der Waals surface area contributed by atoms with Crippen LogP contribution in [0.4, 0.5) is 4.39 Å². The minimum Gasteiger partial charge on any atom is -0.126 e. The van der Waals surface area contributed by atoms with E-state index < -0.39 is 0 Å². The summed E-state index contributed by atoms with van der Waals surface area (Å²) in [7, 11) is 0. The van der Waals surface area contributed by atoms with Crippen molar-refractivity contribution >= 4 is 0 Å². The molecule has 0 nitrogen and oxygen atoms in total. The third-order valence-corrected chi connectivity index (χ3v) is 0.669. The van der Waals surface area contributed by atoms with E-state index in [1.807, 2.05) is 0 Å². The fourth-order valence-corrected chi connectivity index (χ4v) is 0.371. The Kier molecular flexibility index (Phi) is 1.01. The van der Waals surface area contributed by atoms with Gasteiger partial charge in [0, 0.05) is 6.08 Å². The first-order valence-electron chi connectivity index (χ1n) is 2.01. The second-order valence-electron chi connectivity index (χ2n) is 1.22. The lowest BCUT2D eigenvalue weighted by Gasteiger charge is -1.72. The normalized spacial score (nSPS) is 15.9. The van der Waals surface area contributed by atoms with Gasteiger partial charge >= 0.3 is 0 Å². The van der Waals surface area contributed by atoms with Crippen LogP contribution in [-0.4, -0.2) is 0 Å². The highest BCUT2D eigenvalue weighted by molar-refractivity contribution is 5.24. The van der Waals surface area contributed by atoms with Gasteiger partial charge in [0.15, 0.2) is 0 Å². The van der Waals surface area contributed by atoms with Gasteiger partial charge < -0.3 is 0 Å². The van der Waals surface area contributed by atoms with Crippen LogP contribution in [0.15, 0.2) is 30.1 Å². The van der Waals surface area contributed by atoms with Crippen molar-refractivity contribution < 1.29 is 4.39 Å². The van der Waals surface area contributed by atoms with Crippen LogP contribution in [0.25, 0.3) is 0 Å². The maximum Gasteiger partial charge on any atom is 0.240 e. The van der Waals surface area contributed by atoms with E-state index in [9.17, 15) is 4.39 Å². The van der Waals surface area contributed by atoms with Crippen molar-refractivity contribution in [2.24, 2.45) is 0 Å². The molecule has 0 spiro atoms. The third-order valence-electron chi connectivity index (χ3n) is 0.669. The van der Waals surface area contributed by atoms with E-state index in [1.165, 1.54) is 12.2 Å². The zero-order chi connectivity index (χ0) is 5.11. The van der Waals surface area contributed by atoms with E-state index >= 15 is 0 Å².